The smallest absolute Gasteiger partial charge is 0.340 e. The van der Waals surface area contributed by atoms with E-state index in [0.29, 0.717) is 33.4 Å². The van der Waals surface area contributed by atoms with Crippen molar-refractivity contribution in [2.24, 2.45) is 5.41 Å². The van der Waals surface area contributed by atoms with Crippen molar-refractivity contribution in [2.75, 3.05) is 18.2 Å². The van der Waals surface area contributed by atoms with Crippen molar-refractivity contribution in [1.29, 1.82) is 0 Å². The molecule has 21 heavy (non-hydrogen) atoms. The maximum atomic E-state index is 11.9. The summed E-state index contributed by atoms with van der Waals surface area (Å²) in [6, 6.07) is 3.58. The van der Waals surface area contributed by atoms with Crippen LogP contribution in [0.1, 0.15) is 49.9 Å². The van der Waals surface area contributed by atoms with Gasteiger partial charge < -0.3 is 15.8 Å². The first-order valence-electron chi connectivity index (χ1n) is 7.26. The van der Waals surface area contributed by atoms with E-state index in [4.69, 9.17) is 22.1 Å². The van der Waals surface area contributed by atoms with E-state index in [-0.39, 0.29) is 0 Å². The molecule has 0 atom stereocenters. The molecular formula is C16H23ClN2O2. The zero-order valence-electron chi connectivity index (χ0n) is 12.8. The maximum absolute atomic E-state index is 11.9. The number of nitrogens with two attached hydrogens (primary N) is 1. The average molecular weight is 311 g/mol. The first-order chi connectivity index (χ1) is 9.82. The molecule has 0 spiro atoms. The molecule has 0 aliphatic heterocycles. The van der Waals surface area contributed by atoms with Crippen molar-refractivity contribution in [2.45, 2.75) is 45.6 Å². The molecule has 0 unspecified atom stereocenters. The number of hydrogen-bond acceptors (Lipinski definition) is 4. The molecule has 2 rings (SSSR count). The zero-order valence-corrected chi connectivity index (χ0v) is 13.6. The van der Waals surface area contributed by atoms with Gasteiger partial charge in [0.2, 0.25) is 0 Å². The number of halogens is 1. The van der Waals surface area contributed by atoms with E-state index in [1.807, 2.05) is 0 Å². The fourth-order valence-corrected chi connectivity index (χ4v) is 3.08. The van der Waals surface area contributed by atoms with Crippen LogP contribution in [0.3, 0.4) is 0 Å². The number of methoxy groups -OCH3 is 1. The molecule has 4 nitrogen and oxygen atoms in total. The molecule has 0 saturated heterocycles. The Bertz CT molecular complexity index is 533. The molecule has 1 aromatic carbocycles. The van der Waals surface area contributed by atoms with E-state index in [1.54, 1.807) is 12.1 Å². The summed E-state index contributed by atoms with van der Waals surface area (Å²) in [6.45, 7) is 4.58. The third-order valence-corrected chi connectivity index (χ3v) is 4.50. The SMILES string of the molecule is COC(=O)c1cc(N)cc(Cl)c1NC1CCC(C)(C)CC1. The van der Waals surface area contributed by atoms with Gasteiger partial charge in [0.1, 0.15) is 0 Å². The number of rotatable bonds is 3. The van der Waals surface area contributed by atoms with Crippen molar-refractivity contribution in [3.05, 3.63) is 22.7 Å². The summed E-state index contributed by atoms with van der Waals surface area (Å²) in [4.78, 5) is 11.9. The summed E-state index contributed by atoms with van der Waals surface area (Å²) in [5.41, 5.74) is 7.64. The lowest BCUT2D eigenvalue weighted by molar-refractivity contribution is 0.0601. The lowest BCUT2D eigenvalue weighted by Gasteiger charge is -2.35. The van der Waals surface area contributed by atoms with Gasteiger partial charge in [-0.15, -0.1) is 0 Å². The second-order valence-electron chi connectivity index (χ2n) is 6.50. The minimum Gasteiger partial charge on any atom is -0.465 e. The molecule has 1 aliphatic rings. The summed E-state index contributed by atoms with van der Waals surface area (Å²) >= 11 is 6.26. The van der Waals surface area contributed by atoms with Gasteiger partial charge in [-0.05, 0) is 43.2 Å². The number of carbonyl (C=O) groups excluding carboxylic acids is 1. The van der Waals surface area contributed by atoms with Gasteiger partial charge in [0.15, 0.2) is 0 Å². The minimum atomic E-state index is -0.428. The van der Waals surface area contributed by atoms with E-state index >= 15 is 0 Å². The van der Waals surface area contributed by atoms with Crippen LogP contribution in [0, 0.1) is 5.41 Å². The second-order valence-corrected chi connectivity index (χ2v) is 6.91. The van der Waals surface area contributed by atoms with Gasteiger partial charge in [-0.1, -0.05) is 25.4 Å². The van der Waals surface area contributed by atoms with E-state index in [2.05, 4.69) is 19.2 Å². The third-order valence-electron chi connectivity index (χ3n) is 4.21. The van der Waals surface area contributed by atoms with Crippen LogP contribution in [0.5, 0.6) is 0 Å². The van der Waals surface area contributed by atoms with Crippen LogP contribution >= 0.6 is 11.6 Å². The highest BCUT2D eigenvalue weighted by atomic mass is 35.5. The van der Waals surface area contributed by atoms with Gasteiger partial charge in [0.05, 0.1) is 23.4 Å². The Hall–Kier alpha value is -1.42. The van der Waals surface area contributed by atoms with Crippen LogP contribution in [-0.2, 0) is 4.74 Å². The fraction of sp³-hybridized carbons (Fsp3) is 0.562. The molecular weight excluding hydrogens is 288 g/mol. The summed E-state index contributed by atoms with van der Waals surface area (Å²) in [5, 5.41) is 3.87. The standard InChI is InChI=1S/C16H23ClN2O2/c1-16(2)6-4-11(5-7-16)19-14-12(15(20)21-3)8-10(18)9-13(14)17/h8-9,11,19H,4-7,18H2,1-3H3. The summed E-state index contributed by atoms with van der Waals surface area (Å²) in [7, 11) is 1.35. The van der Waals surface area contributed by atoms with Crippen LogP contribution in [0.15, 0.2) is 12.1 Å². The van der Waals surface area contributed by atoms with Crippen LogP contribution in [0.4, 0.5) is 11.4 Å². The van der Waals surface area contributed by atoms with Crippen molar-refractivity contribution in [3.8, 4) is 0 Å². The number of nitrogens with one attached hydrogen (secondary N) is 1. The first kappa shape index (κ1) is 16.0. The van der Waals surface area contributed by atoms with Crippen molar-refractivity contribution in [1.82, 2.24) is 0 Å². The lowest BCUT2D eigenvalue weighted by Crippen LogP contribution is -2.30. The largest absolute Gasteiger partial charge is 0.465 e. The molecule has 1 aliphatic carbocycles. The van der Waals surface area contributed by atoms with Crippen LogP contribution in [0.2, 0.25) is 5.02 Å². The molecule has 5 heteroatoms. The number of benzene rings is 1. The number of anilines is 2. The maximum Gasteiger partial charge on any atom is 0.340 e. The van der Waals surface area contributed by atoms with Crippen molar-refractivity contribution in [3.63, 3.8) is 0 Å². The molecule has 1 aromatic rings. The minimum absolute atomic E-state index is 0.322. The predicted octanol–water partition coefficient (Wildman–Crippen LogP) is 4.09. The van der Waals surface area contributed by atoms with E-state index in [0.717, 1.165) is 25.7 Å². The summed E-state index contributed by atoms with van der Waals surface area (Å²) < 4.78 is 4.82. The number of esters is 1. The zero-order chi connectivity index (χ0) is 15.6. The Morgan fingerprint density at radius 1 is 1.38 bits per heavy atom. The normalized spacial score (nSPS) is 18.3. The number of carbonyl (C=O) groups is 1. The van der Waals surface area contributed by atoms with Crippen LogP contribution in [-0.4, -0.2) is 19.1 Å². The van der Waals surface area contributed by atoms with Gasteiger partial charge in [-0.25, -0.2) is 4.79 Å². The van der Waals surface area contributed by atoms with E-state index in [9.17, 15) is 4.79 Å². The number of ether oxygens (including phenoxy) is 1. The molecule has 3 N–H and O–H groups in total. The number of hydrogen-bond donors (Lipinski definition) is 2. The molecule has 0 amide bonds. The number of nitrogen functional groups attached to an aromatic ring is 1. The van der Waals surface area contributed by atoms with Gasteiger partial charge in [-0.3, -0.25) is 0 Å². The molecule has 0 bridgehead atoms. The molecule has 0 aromatic heterocycles. The highest BCUT2D eigenvalue weighted by Crippen LogP contribution is 2.38. The highest BCUT2D eigenvalue weighted by Gasteiger charge is 2.28. The van der Waals surface area contributed by atoms with Gasteiger partial charge in [0.25, 0.3) is 0 Å². The molecule has 116 valence electrons. The van der Waals surface area contributed by atoms with E-state index in [1.165, 1.54) is 7.11 Å². The monoisotopic (exact) mass is 310 g/mol. The predicted molar refractivity (Wildman–Crippen MR) is 86.9 cm³/mol. The molecule has 0 heterocycles. The van der Waals surface area contributed by atoms with Crippen molar-refractivity contribution < 1.29 is 9.53 Å². The highest BCUT2D eigenvalue weighted by molar-refractivity contribution is 6.34. The third kappa shape index (κ3) is 3.82. The Labute approximate surface area is 131 Å². The molecule has 1 saturated carbocycles. The Morgan fingerprint density at radius 2 is 2.00 bits per heavy atom. The first-order valence-corrected chi connectivity index (χ1v) is 7.64. The summed E-state index contributed by atoms with van der Waals surface area (Å²) in [6.07, 6.45) is 4.44. The van der Waals surface area contributed by atoms with Crippen LogP contribution in [0.25, 0.3) is 0 Å². The Kier molecular flexibility index (Phi) is 4.67. The van der Waals surface area contributed by atoms with E-state index < -0.39 is 5.97 Å². The summed E-state index contributed by atoms with van der Waals surface area (Å²) in [5.74, 6) is -0.428. The van der Waals surface area contributed by atoms with Crippen molar-refractivity contribution >= 4 is 28.9 Å². The van der Waals surface area contributed by atoms with Crippen LogP contribution < -0.4 is 11.1 Å². The lowest BCUT2D eigenvalue weighted by atomic mass is 9.75. The Balaban J connectivity index is 2.21. The average Bonchev–Trinajstić information content (AvgIpc) is 2.42. The quantitative estimate of drug-likeness (QED) is 0.652. The molecule has 0 radical (unpaired) electrons. The fourth-order valence-electron chi connectivity index (χ4n) is 2.79. The molecule has 1 fully saturated rings. The van der Waals surface area contributed by atoms with Gasteiger partial charge in [-0.2, -0.15) is 0 Å². The second kappa shape index (κ2) is 6.14. The van der Waals surface area contributed by atoms with Gasteiger partial charge >= 0.3 is 5.97 Å². The van der Waals surface area contributed by atoms with Gasteiger partial charge in [0, 0.05) is 11.7 Å². The topological polar surface area (TPSA) is 64.3 Å². The Morgan fingerprint density at radius 3 is 2.57 bits per heavy atom.